The Balaban J connectivity index is 2.08. The Morgan fingerprint density at radius 1 is 0.727 bits per heavy atom. The normalized spacial score (nSPS) is 12.0. The average Bonchev–Trinajstić information content (AvgIpc) is 2.84. The second-order valence-corrected chi connectivity index (χ2v) is 9.48. The van der Waals surface area contributed by atoms with Crippen LogP contribution in [0, 0.1) is 0 Å². The summed E-state index contributed by atoms with van der Waals surface area (Å²) in [4.78, 5) is 13.1. The molecule has 0 bridgehead atoms. The van der Waals surface area contributed by atoms with E-state index in [9.17, 15) is 4.79 Å². The number of rotatable bonds is 17. The number of hydrogen-bond donors (Lipinski definition) is 0. The number of para-hydroxylation sites is 1. The van der Waals surface area contributed by atoms with Gasteiger partial charge in [0.15, 0.2) is 0 Å². The smallest absolute Gasteiger partial charge is 0.343 e. The number of unbranched alkanes of at least 4 members (excludes halogenated alkanes) is 8. The summed E-state index contributed by atoms with van der Waals surface area (Å²) < 4.78 is 5.73. The van der Waals surface area contributed by atoms with Crippen LogP contribution in [0.5, 0.6) is 5.75 Å². The van der Waals surface area contributed by atoms with Crippen LogP contribution in [-0.4, -0.2) is 5.97 Å². The molecule has 182 valence electrons. The quantitative estimate of drug-likeness (QED) is 0.136. The van der Waals surface area contributed by atoms with E-state index in [2.05, 4.69) is 32.9 Å². The van der Waals surface area contributed by atoms with Crippen molar-refractivity contribution in [3.8, 4) is 5.75 Å². The van der Waals surface area contributed by atoms with Gasteiger partial charge < -0.3 is 4.74 Å². The molecule has 0 N–H and O–H groups in total. The number of ether oxygens (including phenoxy) is 1. The minimum Gasteiger partial charge on any atom is -0.423 e. The van der Waals surface area contributed by atoms with E-state index in [0.717, 1.165) is 31.2 Å². The monoisotopic (exact) mass is 450 g/mol. The van der Waals surface area contributed by atoms with Crippen LogP contribution >= 0.6 is 0 Å². The van der Waals surface area contributed by atoms with Gasteiger partial charge in [0.2, 0.25) is 0 Å². The zero-order chi connectivity index (χ0) is 23.7. The lowest BCUT2D eigenvalue weighted by Crippen LogP contribution is -2.14. The summed E-state index contributed by atoms with van der Waals surface area (Å²) in [6, 6.07) is 15.9. The van der Waals surface area contributed by atoms with Crippen LogP contribution in [0.15, 0.2) is 48.5 Å². The first-order valence-corrected chi connectivity index (χ1v) is 13.6. The summed E-state index contributed by atoms with van der Waals surface area (Å²) in [6.07, 6.45) is 17.6. The fourth-order valence-corrected chi connectivity index (χ4v) is 4.66. The van der Waals surface area contributed by atoms with Crippen LogP contribution in [0.2, 0.25) is 0 Å². The van der Waals surface area contributed by atoms with Crippen molar-refractivity contribution in [2.24, 2.45) is 0 Å². The van der Waals surface area contributed by atoms with Crippen molar-refractivity contribution in [2.75, 3.05) is 0 Å². The second kappa shape index (κ2) is 16.5. The lowest BCUT2D eigenvalue weighted by molar-refractivity contribution is 0.0733. The summed E-state index contributed by atoms with van der Waals surface area (Å²) in [5.74, 6) is 0.802. The van der Waals surface area contributed by atoms with Crippen molar-refractivity contribution in [1.82, 2.24) is 0 Å². The Labute approximate surface area is 203 Å². The van der Waals surface area contributed by atoms with Gasteiger partial charge in [-0.05, 0) is 60.9 Å². The van der Waals surface area contributed by atoms with E-state index in [1.54, 1.807) is 0 Å². The molecule has 0 radical (unpaired) electrons. The Bertz CT molecular complexity index is 781. The highest BCUT2D eigenvalue weighted by Gasteiger charge is 2.21. The van der Waals surface area contributed by atoms with Crippen molar-refractivity contribution in [2.45, 2.75) is 117 Å². The molecule has 0 aliphatic rings. The number of carbonyl (C=O) groups is 1. The minimum atomic E-state index is -0.229. The molecule has 2 nitrogen and oxygen atoms in total. The van der Waals surface area contributed by atoms with Gasteiger partial charge in [0, 0.05) is 0 Å². The van der Waals surface area contributed by atoms with Crippen molar-refractivity contribution in [3.05, 3.63) is 65.2 Å². The molecular formula is C31H46O2. The van der Waals surface area contributed by atoms with Crippen molar-refractivity contribution in [3.63, 3.8) is 0 Å². The highest BCUT2D eigenvalue weighted by molar-refractivity contribution is 5.93. The Kier molecular flexibility index (Phi) is 13.6. The molecule has 33 heavy (non-hydrogen) atoms. The Hall–Kier alpha value is -2.09. The van der Waals surface area contributed by atoms with Gasteiger partial charge in [-0.1, -0.05) is 115 Å². The van der Waals surface area contributed by atoms with Crippen LogP contribution in [-0.2, 0) is 6.42 Å². The largest absolute Gasteiger partial charge is 0.423 e. The molecule has 0 saturated carbocycles. The zero-order valence-electron chi connectivity index (χ0n) is 21.4. The molecule has 0 saturated heterocycles. The topological polar surface area (TPSA) is 26.3 Å². The molecule has 1 atom stereocenters. The number of hydrogen-bond acceptors (Lipinski definition) is 2. The predicted molar refractivity (Wildman–Crippen MR) is 141 cm³/mol. The standard InChI is InChI=1S/C31H46O2/c1-4-7-9-10-11-12-13-15-19-26-23-24-29(31(32)33-28-21-16-14-17-22-28)30(25-26)27(18-6-3)20-8-5-2/h14,16-17,21-25,27H,4-13,15,18-20H2,1-3H3. The van der Waals surface area contributed by atoms with Gasteiger partial charge in [-0.3, -0.25) is 0 Å². The van der Waals surface area contributed by atoms with Crippen molar-refractivity contribution < 1.29 is 9.53 Å². The molecular weight excluding hydrogens is 404 g/mol. The summed E-state index contributed by atoms with van der Waals surface area (Å²) in [6.45, 7) is 6.76. The van der Waals surface area contributed by atoms with Gasteiger partial charge >= 0.3 is 5.97 Å². The molecule has 0 aliphatic heterocycles. The summed E-state index contributed by atoms with van der Waals surface area (Å²) >= 11 is 0. The first-order valence-electron chi connectivity index (χ1n) is 13.6. The number of benzene rings is 2. The van der Waals surface area contributed by atoms with E-state index in [-0.39, 0.29) is 5.97 Å². The van der Waals surface area contributed by atoms with E-state index in [1.807, 2.05) is 36.4 Å². The van der Waals surface area contributed by atoms with Crippen molar-refractivity contribution >= 4 is 5.97 Å². The van der Waals surface area contributed by atoms with E-state index < -0.39 is 0 Å². The maximum absolute atomic E-state index is 13.1. The molecule has 1 unspecified atom stereocenters. The molecule has 0 aromatic heterocycles. The summed E-state index contributed by atoms with van der Waals surface area (Å²) in [7, 11) is 0. The van der Waals surface area contributed by atoms with E-state index in [0.29, 0.717) is 11.7 Å². The van der Waals surface area contributed by atoms with Crippen LogP contribution in [0.25, 0.3) is 0 Å². The number of esters is 1. The average molecular weight is 451 g/mol. The van der Waals surface area contributed by atoms with Gasteiger partial charge in [-0.25, -0.2) is 4.79 Å². The molecule has 0 spiro atoms. The SMILES string of the molecule is CCCCCCCCCCc1ccc(C(=O)Oc2ccccc2)c(C(CCC)CCCC)c1. The first-order chi connectivity index (χ1) is 16.2. The fourth-order valence-electron chi connectivity index (χ4n) is 4.66. The summed E-state index contributed by atoms with van der Waals surface area (Å²) in [5.41, 5.74) is 3.31. The van der Waals surface area contributed by atoms with Crippen LogP contribution < -0.4 is 4.74 Å². The third-order valence-electron chi connectivity index (χ3n) is 6.59. The third kappa shape index (κ3) is 10.2. The molecule has 2 heteroatoms. The minimum absolute atomic E-state index is 0.229. The molecule has 0 amide bonds. The molecule has 2 aromatic rings. The van der Waals surface area contributed by atoms with Gasteiger partial charge in [-0.15, -0.1) is 0 Å². The second-order valence-electron chi connectivity index (χ2n) is 9.48. The van der Waals surface area contributed by atoms with E-state index >= 15 is 0 Å². The third-order valence-corrected chi connectivity index (χ3v) is 6.59. The lowest BCUT2D eigenvalue weighted by Gasteiger charge is -2.21. The van der Waals surface area contributed by atoms with Gasteiger partial charge in [0.1, 0.15) is 5.75 Å². The maximum Gasteiger partial charge on any atom is 0.343 e. The molecule has 0 aliphatic carbocycles. The van der Waals surface area contributed by atoms with Crippen molar-refractivity contribution in [1.29, 1.82) is 0 Å². The Morgan fingerprint density at radius 3 is 2.06 bits per heavy atom. The number of carbonyl (C=O) groups excluding carboxylic acids is 1. The maximum atomic E-state index is 13.1. The van der Waals surface area contributed by atoms with Gasteiger partial charge in [0.05, 0.1) is 5.56 Å². The zero-order valence-corrected chi connectivity index (χ0v) is 21.4. The molecule has 2 rings (SSSR count). The van der Waals surface area contributed by atoms with Crippen LogP contribution in [0.1, 0.15) is 132 Å². The fraction of sp³-hybridized carbons (Fsp3) is 0.581. The molecule has 0 heterocycles. The van der Waals surface area contributed by atoms with Crippen LogP contribution in [0.3, 0.4) is 0 Å². The van der Waals surface area contributed by atoms with Gasteiger partial charge in [-0.2, -0.15) is 0 Å². The van der Waals surface area contributed by atoms with Crippen LogP contribution in [0.4, 0.5) is 0 Å². The first kappa shape index (κ1) is 27.2. The predicted octanol–water partition coefficient (Wildman–Crippen LogP) is 9.66. The Morgan fingerprint density at radius 2 is 1.39 bits per heavy atom. The molecule has 0 fully saturated rings. The molecule has 2 aromatic carbocycles. The van der Waals surface area contributed by atoms with E-state index in [4.69, 9.17) is 4.74 Å². The van der Waals surface area contributed by atoms with E-state index in [1.165, 1.54) is 75.3 Å². The number of aryl methyl sites for hydroxylation is 1. The highest BCUT2D eigenvalue weighted by Crippen LogP contribution is 2.32. The lowest BCUT2D eigenvalue weighted by atomic mass is 9.85. The highest BCUT2D eigenvalue weighted by atomic mass is 16.5. The van der Waals surface area contributed by atoms with Gasteiger partial charge in [0.25, 0.3) is 0 Å². The summed E-state index contributed by atoms with van der Waals surface area (Å²) in [5, 5.41) is 0.